The first-order chi connectivity index (χ1) is 9.20. The van der Waals surface area contributed by atoms with Gasteiger partial charge in [-0.25, -0.2) is 22.0 Å². The molecule has 0 aliphatic heterocycles. The number of carbonyl (C=O) groups excluding carboxylic acids is 1. The van der Waals surface area contributed by atoms with Gasteiger partial charge >= 0.3 is 5.97 Å². The fourth-order valence-corrected chi connectivity index (χ4v) is 2.73. The second-order valence-corrected chi connectivity index (χ2v) is 5.93. The van der Waals surface area contributed by atoms with Crippen molar-refractivity contribution >= 4 is 21.7 Å². The first-order valence-corrected chi connectivity index (χ1v) is 6.86. The zero-order valence-electron chi connectivity index (χ0n) is 10.8. The molecule has 2 N–H and O–H groups in total. The highest BCUT2D eigenvalue weighted by Crippen LogP contribution is 2.23. The van der Waals surface area contributed by atoms with Crippen molar-refractivity contribution < 1.29 is 26.7 Å². The lowest BCUT2D eigenvalue weighted by Gasteiger charge is -2.18. The third kappa shape index (κ3) is 3.42. The summed E-state index contributed by atoms with van der Waals surface area (Å²) < 4.78 is 53.5. The van der Waals surface area contributed by atoms with Gasteiger partial charge in [0.2, 0.25) is 10.0 Å². The molecule has 0 amide bonds. The number of nitrogen functional groups attached to an aromatic ring is 1. The molecule has 9 heteroatoms. The summed E-state index contributed by atoms with van der Waals surface area (Å²) in [4.78, 5) is 10.9. The van der Waals surface area contributed by atoms with E-state index in [0.717, 1.165) is 19.2 Å². The summed E-state index contributed by atoms with van der Waals surface area (Å²) in [7, 11) is -1.95. The molecule has 0 heterocycles. The van der Waals surface area contributed by atoms with Crippen molar-refractivity contribution in [2.75, 3.05) is 26.4 Å². The van der Waals surface area contributed by atoms with Crippen molar-refractivity contribution in [1.29, 1.82) is 0 Å². The van der Waals surface area contributed by atoms with Crippen molar-refractivity contribution in [2.45, 2.75) is 11.3 Å². The fraction of sp³-hybridized carbons (Fsp3) is 0.364. The molecule has 0 aromatic heterocycles. The van der Waals surface area contributed by atoms with E-state index in [-0.39, 0.29) is 16.1 Å². The summed E-state index contributed by atoms with van der Waals surface area (Å²) in [6, 6.07) is 3.40. The summed E-state index contributed by atoms with van der Waals surface area (Å²) in [5.74, 6) is -0.679. The minimum Gasteiger partial charge on any atom is -0.465 e. The predicted octanol–water partition coefficient (Wildman–Crippen LogP) is 0.941. The average molecular weight is 308 g/mol. The SMILES string of the molecule is COC(=O)c1ccc(S(=O)(=O)N(C)CC(F)F)c(N)c1. The Balaban J connectivity index is 3.17. The normalized spacial score (nSPS) is 11.9. The molecule has 0 aliphatic carbocycles. The maximum atomic E-state index is 12.2. The quantitative estimate of drug-likeness (QED) is 0.646. The molecule has 20 heavy (non-hydrogen) atoms. The number of ether oxygens (including phenoxy) is 1. The number of methoxy groups -OCH3 is 1. The molecule has 0 spiro atoms. The van der Waals surface area contributed by atoms with Gasteiger partial charge in [-0.2, -0.15) is 4.31 Å². The number of benzene rings is 1. The molecule has 1 rings (SSSR count). The van der Waals surface area contributed by atoms with E-state index in [1.807, 2.05) is 0 Å². The number of rotatable bonds is 5. The molecule has 0 aliphatic rings. The molecule has 0 saturated heterocycles. The van der Waals surface area contributed by atoms with Crippen LogP contribution in [0.1, 0.15) is 10.4 Å². The van der Waals surface area contributed by atoms with E-state index in [1.165, 1.54) is 13.2 Å². The van der Waals surface area contributed by atoms with Crippen LogP contribution in [-0.4, -0.2) is 45.8 Å². The van der Waals surface area contributed by atoms with Gasteiger partial charge in [-0.05, 0) is 18.2 Å². The van der Waals surface area contributed by atoms with Gasteiger partial charge in [-0.15, -0.1) is 0 Å². The van der Waals surface area contributed by atoms with Crippen molar-refractivity contribution in [1.82, 2.24) is 4.31 Å². The summed E-state index contributed by atoms with van der Waals surface area (Å²) in [6.07, 6.45) is -2.80. The monoisotopic (exact) mass is 308 g/mol. The average Bonchev–Trinajstić information content (AvgIpc) is 2.36. The number of nitrogens with zero attached hydrogens (tertiary/aromatic N) is 1. The van der Waals surface area contributed by atoms with Crippen LogP contribution in [0.3, 0.4) is 0 Å². The summed E-state index contributed by atoms with van der Waals surface area (Å²) in [5.41, 5.74) is 5.42. The Morgan fingerprint density at radius 1 is 1.45 bits per heavy atom. The Morgan fingerprint density at radius 2 is 2.05 bits per heavy atom. The highest BCUT2D eigenvalue weighted by molar-refractivity contribution is 7.89. The van der Waals surface area contributed by atoms with Gasteiger partial charge in [-0.1, -0.05) is 0 Å². The molecule has 6 nitrogen and oxygen atoms in total. The second-order valence-electron chi connectivity index (χ2n) is 3.92. The van der Waals surface area contributed by atoms with E-state index in [0.29, 0.717) is 4.31 Å². The lowest BCUT2D eigenvalue weighted by molar-refractivity contribution is 0.0600. The molecular weight excluding hydrogens is 294 g/mol. The third-order valence-corrected chi connectivity index (χ3v) is 4.41. The number of hydrogen-bond acceptors (Lipinski definition) is 5. The van der Waals surface area contributed by atoms with Gasteiger partial charge < -0.3 is 10.5 Å². The van der Waals surface area contributed by atoms with E-state index in [1.54, 1.807) is 0 Å². The van der Waals surface area contributed by atoms with Crippen LogP contribution >= 0.6 is 0 Å². The van der Waals surface area contributed by atoms with Gasteiger partial charge in [0.25, 0.3) is 6.43 Å². The molecule has 0 bridgehead atoms. The van der Waals surface area contributed by atoms with Gasteiger partial charge in [0.05, 0.1) is 24.9 Å². The van der Waals surface area contributed by atoms with Crippen molar-refractivity contribution in [3.63, 3.8) is 0 Å². The van der Waals surface area contributed by atoms with Crippen LogP contribution in [-0.2, 0) is 14.8 Å². The number of esters is 1. The Labute approximate surface area is 115 Å². The van der Waals surface area contributed by atoms with Crippen LogP contribution in [0, 0.1) is 0 Å². The Kier molecular flexibility index (Phi) is 5.01. The largest absolute Gasteiger partial charge is 0.465 e. The summed E-state index contributed by atoms with van der Waals surface area (Å²) in [5, 5.41) is 0. The molecule has 0 atom stereocenters. The minimum absolute atomic E-state index is 0.0699. The molecule has 0 unspecified atom stereocenters. The topological polar surface area (TPSA) is 89.7 Å². The zero-order valence-corrected chi connectivity index (χ0v) is 11.7. The fourth-order valence-electron chi connectivity index (χ4n) is 1.49. The van der Waals surface area contributed by atoms with Crippen molar-refractivity contribution in [3.05, 3.63) is 23.8 Å². The number of alkyl halides is 2. The zero-order chi connectivity index (χ0) is 15.5. The van der Waals surface area contributed by atoms with E-state index >= 15 is 0 Å². The molecule has 1 aromatic carbocycles. The predicted molar refractivity (Wildman–Crippen MR) is 68.0 cm³/mol. The van der Waals surface area contributed by atoms with E-state index in [9.17, 15) is 22.0 Å². The first-order valence-electron chi connectivity index (χ1n) is 5.42. The number of nitrogens with two attached hydrogens (primary N) is 1. The molecule has 0 saturated carbocycles. The summed E-state index contributed by atoms with van der Waals surface area (Å²) >= 11 is 0. The molecular formula is C11H14F2N2O4S. The van der Waals surface area contributed by atoms with Gasteiger partial charge in [0.15, 0.2) is 0 Å². The second kappa shape index (κ2) is 6.14. The Morgan fingerprint density at radius 3 is 2.50 bits per heavy atom. The van der Waals surface area contributed by atoms with E-state index in [2.05, 4.69) is 4.74 Å². The van der Waals surface area contributed by atoms with Crippen LogP contribution in [0.15, 0.2) is 23.1 Å². The molecule has 0 fully saturated rings. The number of hydrogen-bond donors (Lipinski definition) is 1. The number of halogens is 2. The van der Waals surface area contributed by atoms with Crippen LogP contribution in [0.25, 0.3) is 0 Å². The van der Waals surface area contributed by atoms with E-state index < -0.39 is 29.0 Å². The Hall–Kier alpha value is -1.74. The summed E-state index contributed by atoms with van der Waals surface area (Å²) in [6.45, 7) is -0.944. The number of sulfonamides is 1. The van der Waals surface area contributed by atoms with Crippen LogP contribution in [0.4, 0.5) is 14.5 Å². The maximum Gasteiger partial charge on any atom is 0.337 e. The van der Waals surface area contributed by atoms with Crippen molar-refractivity contribution in [2.24, 2.45) is 0 Å². The van der Waals surface area contributed by atoms with Crippen molar-refractivity contribution in [3.8, 4) is 0 Å². The lowest BCUT2D eigenvalue weighted by Crippen LogP contribution is -2.31. The highest BCUT2D eigenvalue weighted by Gasteiger charge is 2.26. The van der Waals surface area contributed by atoms with Crippen LogP contribution in [0.2, 0.25) is 0 Å². The number of anilines is 1. The van der Waals surface area contributed by atoms with Crippen LogP contribution in [0.5, 0.6) is 0 Å². The van der Waals surface area contributed by atoms with Gasteiger partial charge in [-0.3, -0.25) is 0 Å². The van der Waals surface area contributed by atoms with E-state index in [4.69, 9.17) is 5.73 Å². The first kappa shape index (κ1) is 16.3. The third-order valence-electron chi connectivity index (χ3n) is 2.51. The minimum atomic E-state index is -4.14. The molecule has 0 radical (unpaired) electrons. The highest BCUT2D eigenvalue weighted by atomic mass is 32.2. The van der Waals surface area contributed by atoms with Gasteiger partial charge in [0, 0.05) is 7.05 Å². The van der Waals surface area contributed by atoms with Crippen LogP contribution < -0.4 is 5.73 Å². The Bertz CT molecular complexity index is 604. The molecule has 1 aromatic rings. The smallest absolute Gasteiger partial charge is 0.337 e. The standard InChI is InChI=1S/C11H14F2N2O4S/c1-15(6-10(12)13)20(17,18)9-4-3-7(5-8(9)14)11(16)19-2/h3-5,10H,6,14H2,1-2H3. The number of carbonyl (C=O) groups is 1. The molecule has 112 valence electrons. The van der Waals surface area contributed by atoms with Gasteiger partial charge in [0.1, 0.15) is 4.90 Å². The lowest BCUT2D eigenvalue weighted by atomic mass is 10.2. The maximum absolute atomic E-state index is 12.2.